The Balaban J connectivity index is 1.37. The van der Waals surface area contributed by atoms with Crippen LogP contribution in [0.25, 0.3) is 22.0 Å². The molecule has 1 aromatic heterocycles. The quantitative estimate of drug-likeness (QED) is 0.265. The van der Waals surface area contributed by atoms with Gasteiger partial charge in [0.05, 0.1) is 16.6 Å². The Hall–Kier alpha value is -3.04. The number of fused-ring (bicyclic) bond motifs is 8. The molecule has 2 aliphatic heterocycles. The molecule has 1 fully saturated rings. The summed E-state index contributed by atoms with van der Waals surface area (Å²) >= 11 is 0. The second kappa shape index (κ2) is 6.08. The molecule has 3 aliphatic carbocycles. The molecule has 4 aromatic rings. The fraction of sp³-hybridized carbons (Fsp3) is 0.394. The van der Waals surface area contributed by atoms with E-state index in [9.17, 15) is 0 Å². The number of hydrogen-bond acceptors (Lipinski definition) is 2. The van der Waals surface area contributed by atoms with Crippen molar-refractivity contribution in [2.75, 3.05) is 13.6 Å². The van der Waals surface area contributed by atoms with Gasteiger partial charge in [-0.25, -0.2) is 0 Å². The van der Waals surface area contributed by atoms with Crippen molar-refractivity contribution in [2.24, 2.45) is 12.5 Å². The number of piperidine rings is 1. The zero-order chi connectivity index (χ0) is 24.1. The second-order valence-electron chi connectivity index (χ2n) is 12.5. The summed E-state index contributed by atoms with van der Waals surface area (Å²) in [5.74, 6) is 1.20. The molecule has 4 atom stereocenters. The van der Waals surface area contributed by atoms with E-state index in [-0.39, 0.29) is 16.9 Å². The predicted molar refractivity (Wildman–Crippen MR) is 144 cm³/mol. The Morgan fingerprint density at radius 3 is 2.69 bits per heavy atom. The average molecular weight is 473 g/mol. The van der Waals surface area contributed by atoms with Crippen LogP contribution >= 0.6 is 0 Å². The molecule has 0 saturated carbocycles. The molecule has 36 heavy (non-hydrogen) atoms. The molecular weight excluding hydrogens is 440 g/mol. The van der Waals surface area contributed by atoms with Crippen molar-refractivity contribution in [1.82, 2.24) is 9.47 Å². The third-order valence-electron chi connectivity index (χ3n) is 11.2. The predicted octanol–water partition coefficient (Wildman–Crippen LogP) is 6.25. The fourth-order valence-corrected chi connectivity index (χ4v) is 9.63. The van der Waals surface area contributed by atoms with Gasteiger partial charge in [-0.3, -0.25) is 0 Å². The van der Waals surface area contributed by atoms with Crippen LogP contribution in [0.15, 0.2) is 48.5 Å². The molecule has 0 N–H and O–H groups in total. The molecular formula is C33H32N2O. The van der Waals surface area contributed by atoms with Crippen molar-refractivity contribution in [3.8, 4) is 16.9 Å². The highest BCUT2D eigenvalue weighted by Gasteiger charge is 2.70. The molecule has 9 rings (SSSR count). The van der Waals surface area contributed by atoms with E-state index >= 15 is 0 Å². The van der Waals surface area contributed by atoms with E-state index in [4.69, 9.17) is 4.74 Å². The highest BCUT2D eigenvalue weighted by atomic mass is 16.5. The summed E-state index contributed by atoms with van der Waals surface area (Å²) in [6.07, 6.45) is 4.57. The first-order valence-corrected chi connectivity index (χ1v) is 13.7. The van der Waals surface area contributed by atoms with Crippen LogP contribution in [0, 0.1) is 12.3 Å². The van der Waals surface area contributed by atoms with Crippen LogP contribution in [0.2, 0.25) is 0 Å². The molecule has 3 nitrogen and oxygen atoms in total. The molecule has 180 valence electrons. The summed E-state index contributed by atoms with van der Waals surface area (Å²) < 4.78 is 9.74. The van der Waals surface area contributed by atoms with Gasteiger partial charge in [0, 0.05) is 35.9 Å². The monoisotopic (exact) mass is 472 g/mol. The van der Waals surface area contributed by atoms with Crippen molar-refractivity contribution < 1.29 is 4.74 Å². The summed E-state index contributed by atoms with van der Waals surface area (Å²) in [6.45, 7) is 6.00. The lowest BCUT2D eigenvalue weighted by Gasteiger charge is -2.64. The molecule has 1 saturated heterocycles. The number of hydrogen-bond donors (Lipinski definition) is 0. The van der Waals surface area contributed by atoms with E-state index in [2.05, 4.69) is 85.9 Å². The van der Waals surface area contributed by atoms with Crippen LogP contribution in [0.1, 0.15) is 58.5 Å². The lowest BCUT2D eigenvalue weighted by atomic mass is 9.44. The minimum absolute atomic E-state index is 0.0559. The van der Waals surface area contributed by atoms with Crippen molar-refractivity contribution in [2.45, 2.75) is 57.1 Å². The number of ether oxygens (including phenoxy) is 1. The van der Waals surface area contributed by atoms with Gasteiger partial charge in [-0.2, -0.15) is 0 Å². The Kier molecular flexibility index (Phi) is 3.39. The Morgan fingerprint density at radius 2 is 1.81 bits per heavy atom. The number of rotatable bonds is 0. The average Bonchev–Trinajstić information content (AvgIpc) is 3.50. The maximum atomic E-state index is 7.19. The third kappa shape index (κ3) is 1.93. The lowest BCUT2D eigenvalue weighted by molar-refractivity contribution is -0.0912. The summed E-state index contributed by atoms with van der Waals surface area (Å²) in [7, 11) is 4.68. The molecule has 3 heteroatoms. The lowest BCUT2D eigenvalue weighted by Crippen LogP contribution is -2.68. The number of benzene rings is 3. The van der Waals surface area contributed by atoms with Crippen LogP contribution in [-0.4, -0.2) is 29.1 Å². The maximum Gasteiger partial charge on any atom is 0.149 e. The number of likely N-dealkylation sites (N-methyl/N-ethyl adjacent to an activating group) is 1. The van der Waals surface area contributed by atoms with Crippen molar-refractivity contribution in [3.63, 3.8) is 0 Å². The van der Waals surface area contributed by atoms with Crippen LogP contribution < -0.4 is 4.74 Å². The first-order valence-electron chi connectivity index (χ1n) is 13.7. The molecule has 3 heterocycles. The number of likely N-dealkylation sites (tertiary alicyclic amines) is 1. The van der Waals surface area contributed by atoms with E-state index < -0.39 is 0 Å². The molecule has 5 aliphatic rings. The Morgan fingerprint density at radius 1 is 0.944 bits per heavy atom. The van der Waals surface area contributed by atoms with Crippen LogP contribution in [0.3, 0.4) is 0 Å². The van der Waals surface area contributed by atoms with Gasteiger partial charge in [0.1, 0.15) is 11.9 Å². The Bertz CT molecular complexity index is 1680. The molecule has 0 unspecified atom stereocenters. The minimum Gasteiger partial charge on any atom is -0.483 e. The van der Waals surface area contributed by atoms with Crippen LogP contribution in [0.4, 0.5) is 0 Å². The van der Waals surface area contributed by atoms with Gasteiger partial charge < -0.3 is 14.2 Å². The Labute approximate surface area is 212 Å². The van der Waals surface area contributed by atoms with Crippen molar-refractivity contribution in [3.05, 3.63) is 87.6 Å². The third-order valence-corrected chi connectivity index (χ3v) is 11.2. The van der Waals surface area contributed by atoms with Gasteiger partial charge in [-0.15, -0.1) is 0 Å². The molecule has 0 amide bonds. The SMILES string of the molecule is Cc1ccc2c3c1O[C@H]1c4c(c5ccc6c(c5n4C)Cc4ccccc4-6)C[C@@]4(C)[C@@H](C2)N(C)CC[C@]314. The topological polar surface area (TPSA) is 17.4 Å². The van der Waals surface area contributed by atoms with Gasteiger partial charge in [-0.1, -0.05) is 55.5 Å². The molecule has 1 spiro atoms. The first-order chi connectivity index (χ1) is 17.4. The van der Waals surface area contributed by atoms with E-state index in [1.807, 2.05) is 0 Å². The summed E-state index contributed by atoms with van der Waals surface area (Å²) in [6, 6.07) is 19.0. The van der Waals surface area contributed by atoms with E-state index in [1.165, 1.54) is 62.1 Å². The molecule has 0 radical (unpaired) electrons. The van der Waals surface area contributed by atoms with E-state index in [0.717, 1.165) is 25.8 Å². The molecule has 2 bridgehead atoms. The second-order valence-corrected chi connectivity index (χ2v) is 12.5. The number of aryl methyl sites for hydroxylation is 2. The standard InChI is InChI=1S/C33H32N2O/c1-18-9-10-20-16-26-32(2)17-25-23-12-11-22-21-8-6-5-7-19(21)15-24(22)28(23)35(4)29(25)31-33(32,13-14-34(26)3)27(20)30(18)36-31/h5-12,26,31H,13-17H2,1-4H3/t26-,31+,32+,33+/m1/s1. The first kappa shape index (κ1) is 20.1. The summed E-state index contributed by atoms with van der Waals surface area (Å²) in [5.41, 5.74) is 14.8. The van der Waals surface area contributed by atoms with Crippen molar-refractivity contribution >= 4 is 10.9 Å². The van der Waals surface area contributed by atoms with Gasteiger partial charge in [0.2, 0.25) is 0 Å². The molecule has 3 aromatic carbocycles. The maximum absolute atomic E-state index is 7.19. The van der Waals surface area contributed by atoms with Gasteiger partial charge in [-0.05, 0) is 78.7 Å². The highest BCUT2D eigenvalue weighted by molar-refractivity contribution is 5.97. The van der Waals surface area contributed by atoms with Crippen molar-refractivity contribution in [1.29, 1.82) is 0 Å². The zero-order valence-electron chi connectivity index (χ0n) is 21.6. The fourth-order valence-electron chi connectivity index (χ4n) is 9.63. The summed E-state index contributed by atoms with van der Waals surface area (Å²) in [5, 5.41) is 1.46. The van der Waals surface area contributed by atoms with Gasteiger partial charge in [0.15, 0.2) is 0 Å². The zero-order valence-corrected chi connectivity index (χ0v) is 21.6. The minimum atomic E-state index is 0.0559. The summed E-state index contributed by atoms with van der Waals surface area (Å²) in [4.78, 5) is 2.66. The normalized spacial score (nSPS) is 30.6. The highest BCUT2D eigenvalue weighted by Crippen LogP contribution is 2.71. The van der Waals surface area contributed by atoms with Crippen LogP contribution in [0.5, 0.6) is 5.75 Å². The van der Waals surface area contributed by atoms with Crippen LogP contribution in [-0.2, 0) is 31.7 Å². The smallest absolute Gasteiger partial charge is 0.149 e. The van der Waals surface area contributed by atoms with Gasteiger partial charge >= 0.3 is 0 Å². The van der Waals surface area contributed by atoms with E-state index in [1.54, 1.807) is 11.1 Å². The van der Waals surface area contributed by atoms with E-state index in [0.29, 0.717) is 6.04 Å². The van der Waals surface area contributed by atoms with Gasteiger partial charge in [0.25, 0.3) is 0 Å². The number of aromatic nitrogens is 1. The number of nitrogens with zero attached hydrogens (tertiary/aromatic N) is 2. The largest absolute Gasteiger partial charge is 0.483 e.